The second-order valence-corrected chi connectivity index (χ2v) is 4.66. The summed E-state index contributed by atoms with van der Waals surface area (Å²) in [5, 5.41) is 0. The first kappa shape index (κ1) is 13.1. The number of unbranched alkanes of at least 4 members (excludes halogenated alkanes) is 1. The molecule has 0 aliphatic rings. The van der Waals surface area contributed by atoms with E-state index in [2.05, 4.69) is 6.92 Å². The Bertz CT molecular complexity index is 336. The number of ether oxygens (including phenoxy) is 1. The van der Waals surface area contributed by atoms with E-state index in [4.69, 9.17) is 4.74 Å². The van der Waals surface area contributed by atoms with Crippen molar-refractivity contribution in [2.24, 2.45) is 0 Å². The lowest BCUT2D eigenvalue weighted by Crippen LogP contribution is -2.04. The Hall–Kier alpha value is -0.960. The number of methoxy groups -OCH3 is 1. The average Bonchev–Trinajstić information content (AvgIpc) is 2.34. The Balaban J connectivity index is 2.60. The molecule has 0 aliphatic carbocycles. The van der Waals surface area contributed by atoms with Crippen LogP contribution in [0.25, 0.3) is 0 Å². The monoisotopic (exact) mass is 238 g/mol. The van der Waals surface area contributed by atoms with Crippen LogP contribution in [0, 0.1) is 0 Å². The van der Waals surface area contributed by atoms with Crippen LogP contribution < -0.4 is 0 Å². The molecular weight excluding hydrogens is 220 g/mol. The van der Waals surface area contributed by atoms with Gasteiger partial charge in [-0.15, -0.1) is 0 Å². The summed E-state index contributed by atoms with van der Waals surface area (Å²) in [6, 6.07) is 7.64. The molecule has 0 saturated carbocycles. The maximum absolute atomic E-state index is 11.5. The smallest absolute Gasteiger partial charge is 0.338 e. The first-order chi connectivity index (χ1) is 7.79. The van der Waals surface area contributed by atoms with Crippen molar-refractivity contribution in [3.63, 3.8) is 0 Å². The molecule has 0 fully saturated rings. The van der Waals surface area contributed by atoms with Crippen LogP contribution in [0.15, 0.2) is 24.3 Å². The van der Waals surface area contributed by atoms with Gasteiger partial charge in [0.05, 0.1) is 12.7 Å². The quantitative estimate of drug-likeness (QED) is 0.560. The van der Waals surface area contributed by atoms with Gasteiger partial charge in [-0.3, -0.25) is 0 Å². The van der Waals surface area contributed by atoms with Crippen molar-refractivity contribution in [1.82, 2.24) is 0 Å². The third kappa shape index (κ3) is 3.89. The van der Waals surface area contributed by atoms with Crippen molar-refractivity contribution < 1.29 is 9.53 Å². The molecule has 0 saturated heterocycles. The second kappa shape index (κ2) is 7.34. The van der Waals surface area contributed by atoms with E-state index in [0.29, 0.717) is 5.56 Å². The zero-order chi connectivity index (χ0) is 11.8. The van der Waals surface area contributed by atoms with Crippen LogP contribution in [0.3, 0.4) is 0 Å². The van der Waals surface area contributed by atoms with E-state index in [1.165, 1.54) is 20.0 Å². The molecule has 0 bridgehead atoms. The predicted molar refractivity (Wildman–Crippen MR) is 68.9 cm³/mol. The zero-order valence-corrected chi connectivity index (χ0v) is 10.7. The predicted octanol–water partition coefficient (Wildman–Crippen LogP) is 3.51. The maximum Gasteiger partial charge on any atom is 0.338 e. The molecule has 2 nitrogen and oxygen atoms in total. The first-order valence-corrected chi connectivity index (χ1v) is 6.69. The lowest BCUT2D eigenvalue weighted by molar-refractivity contribution is 0.0600. The van der Waals surface area contributed by atoms with Crippen LogP contribution >= 0.6 is 11.8 Å². The maximum atomic E-state index is 11.5. The SMILES string of the molecule is CCCCSCc1ccccc1C(=O)OC. The average molecular weight is 238 g/mol. The summed E-state index contributed by atoms with van der Waals surface area (Å²) in [6.45, 7) is 2.18. The van der Waals surface area contributed by atoms with Crippen LogP contribution in [0.4, 0.5) is 0 Å². The molecule has 0 heterocycles. The van der Waals surface area contributed by atoms with Gasteiger partial charge in [-0.25, -0.2) is 4.79 Å². The van der Waals surface area contributed by atoms with Gasteiger partial charge in [-0.2, -0.15) is 11.8 Å². The van der Waals surface area contributed by atoms with E-state index in [1.54, 1.807) is 0 Å². The summed E-state index contributed by atoms with van der Waals surface area (Å²) in [5.41, 5.74) is 1.75. The summed E-state index contributed by atoms with van der Waals surface area (Å²) in [4.78, 5) is 11.5. The van der Waals surface area contributed by atoms with Crippen molar-refractivity contribution in [1.29, 1.82) is 0 Å². The number of hydrogen-bond donors (Lipinski definition) is 0. The molecule has 0 aromatic heterocycles. The summed E-state index contributed by atoms with van der Waals surface area (Å²) in [6.07, 6.45) is 2.44. The van der Waals surface area contributed by atoms with Gasteiger partial charge in [0.1, 0.15) is 0 Å². The van der Waals surface area contributed by atoms with E-state index < -0.39 is 0 Å². The standard InChI is InChI=1S/C13H18O2S/c1-3-4-9-16-10-11-7-5-6-8-12(11)13(14)15-2/h5-8H,3-4,9-10H2,1-2H3. The summed E-state index contributed by atoms with van der Waals surface area (Å²) < 4.78 is 4.76. The Morgan fingerprint density at radius 1 is 1.38 bits per heavy atom. The van der Waals surface area contributed by atoms with Crippen molar-refractivity contribution in [3.8, 4) is 0 Å². The Morgan fingerprint density at radius 2 is 2.12 bits per heavy atom. The van der Waals surface area contributed by atoms with Gasteiger partial charge in [0.2, 0.25) is 0 Å². The number of benzene rings is 1. The number of carbonyl (C=O) groups excluding carboxylic acids is 1. The zero-order valence-electron chi connectivity index (χ0n) is 9.86. The molecule has 0 radical (unpaired) electrons. The van der Waals surface area contributed by atoms with Crippen LogP contribution in [-0.4, -0.2) is 18.8 Å². The van der Waals surface area contributed by atoms with Gasteiger partial charge in [-0.05, 0) is 23.8 Å². The topological polar surface area (TPSA) is 26.3 Å². The summed E-state index contributed by atoms with van der Waals surface area (Å²) in [7, 11) is 1.42. The molecule has 1 aromatic rings. The molecule has 16 heavy (non-hydrogen) atoms. The largest absolute Gasteiger partial charge is 0.465 e. The number of thioether (sulfide) groups is 1. The fraction of sp³-hybridized carbons (Fsp3) is 0.462. The van der Waals surface area contributed by atoms with E-state index in [-0.39, 0.29) is 5.97 Å². The fourth-order valence-corrected chi connectivity index (χ4v) is 2.49. The fourth-order valence-electron chi connectivity index (χ4n) is 1.38. The highest BCUT2D eigenvalue weighted by molar-refractivity contribution is 7.98. The lowest BCUT2D eigenvalue weighted by Gasteiger charge is -2.07. The molecule has 0 spiro atoms. The van der Waals surface area contributed by atoms with Gasteiger partial charge in [0, 0.05) is 5.75 Å². The molecule has 0 atom stereocenters. The van der Waals surface area contributed by atoms with Gasteiger partial charge in [0.15, 0.2) is 0 Å². The lowest BCUT2D eigenvalue weighted by atomic mass is 10.1. The molecule has 0 N–H and O–H groups in total. The second-order valence-electron chi connectivity index (χ2n) is 3.55. The molecular formula is C13H18O2S. The number of hydrogen-bond acceptors (Lipinski definition) is 3. The van der Waals surface area contributed by atoms with Crippen LogP contribution in [0.1, 0.15) is 35.7 Å². The van der Waals surface area contributed by atoms with Crippen molar-refractivity contribution in [2.45, 2.75) is 25.5 Å². The molecule has 88 valence electrons. The number of carbonyl (C=O) groups is 1. The van der Waals surface area contributed by atoms with Gasteiger partial charge >= 0.3 is 5.97 Å². The molecule has 0 unspecified atom stereocenters. The molecule has 3 heteroatoms. The minimum Gasteiger partial charge on any atom is -0.465 e. The minimum atomic E-state index is -0.244. The van der Waals surface area contributed by atoms with Gasteiger partial charge in [-0.1, -0.05) is 31.5 Å². The van der Waals surface area contributed by atoms with E-state index in [9.17, 15) is 4.79 Å². The highest BCUT2D eigenvalue weighted by Gasteiger charge is 2.10. The molecule has 1 aromatic carbocycles. The molecule has 1 rings (SSSR count). The van der Waals surface area contributed by atoms with E-state index in [0.717, 1.165) is 17.1 Å². The first-order valence-electron chi connectivity index (χ1n) is 5.53. The summed E-state index contributed by atoms with van der Waals surface area (Å²) >= 11 is 1.87. The highest BCUT2D eigenvalue weighted by Crippen LogP contribution is 2.18. The third-order valence-electron chi connectivity index (χ3n) is 2.32. The van der Waals surface area contributed by atoms with E-state index >= 15 is 0 Å². The third-order valence-corrected chi connectivity index (χ3v) is 3.41. The van der Waals surface area contributed by atoms with Crippen LogP contribution in [-0.2, 0) is 10.5 Å². The van der Waals surface area contributed by atoms with Crippen molar-refractivity contribution in [2.75, 3.05) is 12.9 Å². The van der Waals surface area contributed by atoms with E-state index in [1.807, 2.05) is 36.0 Å². The van der Waals surface area contributed by atoms with Gasteiger partial charge < -0.3 is 4.74 Å². The van der Waals surface area contributed by atoms with Crippen LogP contribution in [0.2, 0.25) is 0 Å². The molecule has 0 aliphatic heterocycles. The molecule has 0 amide bonds. The number of esters is 1. The number of rotatable bonds is 6. The van der Waals surface area contributed by atoms with Crippen molar-refractivity contribution >= 4 is 17.7 Å². The van der Waals surface area contributed by atoms with Gasteiger partial charge in [0.25, 0.3) is 0 Å². The van der Waals surface area contributed by atoms with Crippen molar-refractivity contribution in [3.05, 3.63) is 35.4 Å². The Labute approximate surface area is 101 Å². The minimum absolute atomic E-state index is 0.244. The summed E-state index contributed by atoms with van der Waals surface area (Å²) in [5.74, 6) is 1.78. The Morgan fingerprint density at radius 3 is 2.81 bits per heavy atom. The van der Waals surface area contributed by atoms with Crippen LogP contribution in [0.5, 0.6) is 0 Å². The Kier molecular flexibility index (Phi) is 6.01. The normalized spacial score (nSPS) is 10.1. The highest BCUT2D eigenvalue weighted by atomic mass is 32.2.